The number of para-hydroxylation sites is 1. The fourth-order valence-corrected chi connectivity index (χ4v) is 5.02. The summed E-state index contributed by atoms with van der Waals surface area (Å²) in [4.78, 5) is 38.0. The van der Waals surface area contributed by atoms with E-state index in [9.17, 15) is 14.4 Å². The number of carbonyl (C=O) groups excluding carboxylic acids is 3. The normalized spacial score (nSPS) is 24.5. The van der Waals surface area contributed by atoms with Gasteiger partial charge in [0.2, 0.25) is 5.91 Å². The summed E-state index contributed by atoms with van der Waals surface area (Å²) < 4.78 is 5.22. The minimum atomic E-state index is -0.600. The molecule has 0 aromatic heterocycles. The molecular formula is C19H24N2O4S. The average Bonchev–Trinajstić information content (AvgIpc) is 3.11. The van der Waals surface area contributed by atoms with E-state index in [0.29, 0.717) is 12.2 Å². The van der Waals surface area contributed by atoms with Crippen LogP contribution in [0, 0.1) is 6.92 Å². The zero-order chi connectivity index (χ0) is 18.9. The second-order valence-corrected chi connectivity index (χ2v) is 8.39. The van der Waals surface area contributed by atoms with Crippen molar-refractivity contribution in [1.82, 2.24) is 4.90 Å². The van der Waals surface area contributed by atoms with Crippen LogP contribution in [0.2, 0.25) is 0 Å². The second kappa shape index (κ2) is 7.31. The van der Waals surface area contributed by atoms with Crippen molar-refractivity contribution in [3.8, 4) is 0 Å². The maximum atomic E-state index is 12.4. The number of nitrogens with zero attached hydrogens (tertiary/aromatic N) is 1. The third-order valence-electron chi connectivity index (χ3n) is 5.07. The van der Waals surface area contributed by atoms with Gasteiger partial charge in [0.15, 0.2) is 6.61 Å². The van der Waals surface area contributed by atoms with Gasteiger partial charge in [-0.1, -0.05) is 25.1 Å². The number of aryl methyl sites for hydroxylation is 2. The van der Waals surface area contributed by atoms with E-state index in [2.05, 4.69) is 5.32 Å². The number of thioether (sulfide) groups is 1. The number of hydrogen-bond acceptors (Lipinski definition) is 5. The van der Waals surface area contributed by atoms with Crippen LogP contribution in [-0.4, -0.2) is 46.0 Å². The Morgan fingerprint density at radius 2 is 2.19 bits per heavy atom. The molecule has 1 N–H and O–H groups in total. The minimum absolute atomic E-state index is 0.0172. The summed E-state index contributed by atoms with van der Waals surface area (Å²) in [7, 11) is 0. The summed E-state index contributed by atoms with van der Waals surface area (Å²) in [6.07, 6.45) is 2.00. The van der Waals surface area contributed by atoms with Gasteiger partial charge in [-0.3, -0.25) is 9.59 Å². The Labute approximate surface area is 157 Å². The first-order chi connectivity index (χ1) is 12.4. The van der Waals surface area contributed by atoms with Crippen LogP contribution in [0.15, 0.2) is 18.2 Å². The number of benzene rings is 1. The minimum Gasteiger partial charge on any atom is -0.454 e. The number of ether oxygens (including phenoxy) is 1. The molecule has 2 aliphatic heterocycles. The summed E-state index contributed by atoms with van der Waals surface area (Å²) in [5.41, 5.74) is 2.78. The van der Waals surface area contributed by atoms with Crippen LogP contribution in [0.1, 0.15) is 37.8 Å². The smallest absolute Gasteiger partial charge is 0.330 e. The van der Waals surface area contributed by atoms with Crippen LogP contribution in [0.3, 0.4) is 0 Å². The Hall–Kier alpha value is -2.02. The van der Waals surface area contributed by atoms with E-state index < -0.39 is 12.0 Å². The van der Waals surface area contributed by atoms with Gasteiger partial charge in [-0.2, -0.15) is 0 Å². The molecule has 0 spiro atoms. The van der Waals surface area contributed by atoms with Gasteiger partial charge < -0.3 is 15.0 Å². The van der Waals surface area contributed by atoms with Crippen molar-refractivity contribution >= 4 is 35.2 Å². The number of esters is 1. The molecule has 2 amide bonds. The maximum Gasteiger partial charge on any atom is 0.330 e. The topological polar surface area (TPSA) is 75.7 Å². The number of amides is 2. The number of hydrogen-bond donors (Lipinski definition) is 1. The maximum absolute atomic E-state index is 12.4. The molecule has 2 atom stereocenters. The van der Waals surface area contributed by atoms with Crippen LogP contribution in [0.25, 0.3) is 0 Å². The molecule has 3 rings (SSSR count). The largest absolute Gasteiger partial charge is 0.454 e. The van der Waals surface area contributed by atoms with Crippen LogP contribution in [-0.2, 0) is 25.5 Å². The molecule has 1 aromatic rings. The van der Waals surface area contributed by atoms with Crippen molar-refractivity contribution in [3.63, 3.8) is 0 Å². The highest BCUT2D eigenvalue weighted by Crippen LogP contribution is 2.47. The lowest BCUT2D eigenvalue weighted by Gasteiger charge is -2.29. The van der Waals surface area contributed by atoms with E-state index in [1.807, 2.05) is 39.0 Å². The SMILES string of the molecule is CCc1cccc(C)c1NC(=O)COC(=O)[C@H]1CS[C@]2(C)CCC(=O)N12. The van der Waals surface area contributed by atoms with Crippen LogP contribution >= 0.6 is 11.8 Å². The number of rotatable bonds is 5. The van der Waals surface area contributed by atoms with E-state index in [1.165, 1.54) is 0 Å². The Kier molecular flexibility index (Phi) is 5.27. The predicted molar refractivity (Wildman–Crippen MR) is 101 cm³/mol. The van der Waals surface area contributed by atoms with Gasteiger partial charge in [0.1, 0.15) is 6.04 Å². The molecule has 0 bridgehead atoms. The summed E-state index contributed by atoms with van der Waals surface area (Å²) in [6, 6.07) is 5.24. The molecule has 0 aliphatic carbocycles. The lowest BCUT2D eigenvalue weighted by atomic mass is 10.1. The van der Waals surface area contributed by atoms with Gasteiger partial charge in [-0.15, -0.1) is 11.8 Å². The molecular weight excluding hydrogens is 352 g/mol. The Morgan fingerprint density at radius 3 is 2.92 bits per heavy atom. The van der Waals surface area contributed by atoms with E-state index >= 15 is 0 Å². The quantitative estimate of drug-likeness (QED) is 0.799. The van der Waals surface area contributed by atoms with Crippen molar-refractivity contribution in [3.05, 3.63) is 29.3 Å². The average molecular weight is 376 g/mol. The number of carbonyl (C=O) groups is 3. The van der Waals surface area contributed by atoms with Gasteiger partial charge >= 0.3 is 5.97 Å². The van der Waals surface area contributed by atoms with Gasteiger partial charge in [0.05, 0.1) is 4.87 Å². The lowest BCUT2D eigenvalue weighted by Crippen LogP contribution is -2.47. The highest BCUT2D eigenvalue weighted by Gasteiger charge is 2.53. The van der Waals surface area contributed by atoms with Crippen molar-refractivity contribution in [2.45, 2.75) is 50.9 Å². The van der Waals surface area contributed by atoms with Gasteiger partial charge in [-0.05, 0) is 37.8 Å². The van der Waals surface area contributed by atoms with E-state index in [1.54, 1.807) is 16.7 Å². The Bertz CT molecular complexity index is 751. The number of fused-ring (bicyclic) bond motifs is 1. The third-order valence-corrected chi connectivity index (χ3v) is 6.57. The van der Waals surface area contributed by atoms with E-state index in [0.717, 1.165) is 29.7 Å². The van der Waals surface area contributed by atoms with Gasteiger partial charge in [0, 0.05) is 17.9 Å². The number of nitrogens with one attached hydrogen (secondary N) is 1. The third kappa shape index (κ3) is 3.45. The number of anilines is 1. The monoisotopic (exact) mass is 376 g/mol. The molecule has 7 heteroatoms. The molecule has 0 unspecified atom stereocenters. The van der Waals surface area contributed by atoms with E-state index in [4.69, 9.17) is 4.74 Å². The molecule has 1 aromatic carbocycles. The standard InChI is InChI=1S/C19H24N2O4S/c1-4-13-7-5-6-12(2)17(13)20-15(22)10-25-18(24)14-11-26-19(3)9-8-16(23)21(14)19/h5-7,14H,4,8-11H2,1-3H3,(H,20,22)/t14-,19-/m1/s1. The highest BCUT2D eigenvalue weighted by molar-refractivity contribution is 8.01. The lowest BCUT2D eigenvalue weighted by molar-refractivity contribution is -0.155. The van der Waals surface area contributed by atoms with Crippen LogP contribution in [0.5, 0.6) is 0 Å². The van der Waals surface area contributed by atoms with Gasteiger partial charge in [0.25, 0.3) is 5.91 Å². The zero-order valence-corrected chi connectivity index (χ0v) is 16.1. The fourth-order valence-electron chi connectivity index (χ4n) is 3.61. The second-order valence-electron chi connectivity index (χ2n) is 6.88. The van der Waals surface area contributed by atoms with Crippen LogP contribution < -0.4 is 5.32 Å². The summed E-state index contributed by atoms with van der Waals surface area (Å²) in [5, 5.41) is 2.84. The molecule has 0 saturated carbocycles. The molecule has 2 saturated heterocycles. The van der Waals surface area contributed by atoms with Crippen molar-refractivity contribution in [2.75, 3.05) is 17.7 Å². The highest BCUT2D eigenvalue weighted by atomic mass is 32.2. The molecule has 0 radical (unpaired) electrons. The summed E-state index contributed by atoms with van der Waals surface area (Å²) in [5.74, 6) is -0.382. The molecule has 26 heavy (non-hydrogen) atoms. The van der Waals surface area contributed by atoms with Crippen molar-refractivity contribution in [2.24, 2.45) is 0 Å². The first-order valence-electron chi connectivity index (χ1n) is 8.87. The first-order valence-corrected chi connectivity index (χ1v) is 9.85. The predicted octanol–water partition coefficient (Wildman–Crippen LogP) is 2.49. The molecule has 140 valence electrons. The zero-order valence-electron chi connectivity index (χ0n) is 15.3. The molecule has 2 fully saturated rings. The van der Waals surface area contributed by atoms with Crippen molar-refractivity contribution < 1.29 is 19.1 Å². The van der Waals surface area contributed by atoms with Crippen molar-refractivity contribution in [1.29, 1.82) is 0 Å². The summed E-state index contributed by atoms with van der Waals surface area (Å²) in [6.45, 7) is 5.58. The molecule has 2 aliphatic rings. The van der Waals surface area contributed by atoms with Crippen LogP contribution in [0.4, 0.5) is 5.69 Å². The first kappa shape index (κ1) is 18.8. The molecule has 2 heterocycles. The fraction of sp³-hybridized carbons (Fsp3) is 0.526. The van der Waals surface area contributed by atoms with Gasteiger partial charge in [-0.25, -0.2) is 4.79 Å². The Morgan fingerprint density at radius 1 is 1.42 bits per heavy atom. The molecule has 6 nitrogen and oxygen atoms in total. The van der Waals surface area contributed by atoms with E-state index in [-0.39, 0.29) is 23.3 Å². The summed E-state index contributed by atoms with van der Waals surface area (Å²) >= 11 is 1.60. The Balaban J connectivity index is 1.59.